The molecular formula is C23H22N4O2S. The summed E-state index contributed by atoms with van der Waals surface area (Å²) in [5, 5.41) is 6.07. The number of hydrogen-bond donors (Lipinski definition) is 2. The van der Waals surface area contributed by atoms with Gasteiger partial charge in [-0.1, -0.05) is 36.4 Å². The molecule has 0 saturated carbocycles. The first-order valence-electron chi connectivity index (χ1n) is 9.46. The number of primary amides is 1. The van der Waals surface area contributed by atoms with Gasteiger partial charge in [-0.25, -0.2) is 4.98 Å². The van der Waals surface area contributed by atoms with E-state index >= 15 is 0 Å². The Hall–Kier alpha value is -3.58. The summed E-state index contributed by atoms with van der Waals surface area (Å²) in [5.41, 5.74) is 10.5. The van der Waals surface area contributed by atoms with Crippen LogP contribution in [0, 0.1) is 6.92 Å². The second-order valence-corrected chi connectivity index (χ2v) is 7.68. The molecule has 6 nitrogen and oxygen atoms in total. The predicted molar refractivity (Wildman–Crippen MR) is 121 cm³/mol. The number of anilines is 2. The molecule has 4 rings (SSSR count). The molecule has 0 aliphatic rings. The molecule has 1 amide bonds. The smallest absolute Gasteiger partial charge is 0.250 e. The van der Waals surface area contributed by atoms with Gasteiger partial charge < -0.3 is 20.4 Å². The number of methoxy groups -OCH3 is 1. The first-order chi connectivity index (χ1) is 14.6. The van der Waals surface area contributed by atoms with Gasteiger partial charge in [0.15, 0.2) is 5.13 Å². The third-order valence-corrected chi connectivity index (χ3v) is 5.70. The van der Waals surface area contributed by atoms with Crippen LogP contribution in [0.25, 0.3) is 11.4 Å². The van der Waals surface area contributed by atoms with Gasteiger partial charge in [-0.3, -0.25) is 4.79 Å². The lowest BCUT2D eigenvalue weighted by molar-refractivity contribution is 0.0999. The standard InChI is InChI=1S/C23H22N4O2S/c1-15-18(22(24)28)12-20(27(15)13-16-8-6-7-11-21(16)29-2)19-14-30-23(26-19)25-17-9-4-3-5-10-17/h3-12,14H,13H2,1-2H3,(H2,24,28)(H,25,26). The Morgan fingerprint density at radius 2 is 1.90 bits per heavy atom. The maximum absolute atomic E-state index is 12.0. The monoisotopic (exact) mass is 418 g/mol. The molecule has 0 unspecified atom stereocenters. The van der Waals surface area contributed by atoms with Crippen molar-refractivity contribution < 1.29 is 9.53 Å². The van der Waals surface area contributed by atoms with Crippen LogP contribution < -0.4 is 15.8 Å². The van der Waals surface area contributed by atoms with Crippen molar-refractivity contribution >= 4 is 28.1 Å². The van der Waals surface area contributed by atoms with Gasteiger partial charge in [-0.05, 0) is 31.2 Å². The van der Waals surface area contributed by atoms with E-state index in [0.29, 0.717) is 12.1 Å². The van der Waals surface area contributed by atoms with Crippen LogP contribution in [0.3, 0.4) is 0 Å². The van der Waals surface area contributed by atoms with E-state index in [0.717, 1.165) is 39.2 Å². The van der Waals surface area contributed by atoms with E-state index in [1.807, 2.05) is 73.0 Å². The number of carbonyl (C=O) groups excluding carboxylic acids is 1. The molecule has 30 heavy (non-hydrogen) atoms. The SMILES string of the molecule is COc1ccccc1Cn1c(-c2csc(Nc3ccccc3)n2)cc(C(N)=O)c1C. The number of thiazole rings is 1. The number of rotatable bonds is 7. The minimum atomic E-state index is -0.453. The summed E-state index contributed by atoms with van der Waals surface area (Å²) in [6, 6.07) is 19.5. The van der Waals surface area contributed by atoms with Crippen molar-refractivity contribution in [3.63, 3.8) is 0 Å². The Bertz CT molecular complexity index is 1180. The topological polar surface area (TPSA) is 82.2 Å². The van der Waals surface area contributed by atoms with Crippen LogP contribution in [-0.4, -0.2) is 22.6 Å². The Labute approximate surface area is 179 Å². The fourth-order valence-corrected chi connectivity index (χ4v) is 4.13. The van der Waals surface area contributed by atoms with E-state index in [2.05, 4.69) is 9.88 Å². The van der Waals surface area contributed by atoms with Crippen molar-refractivity contribution in [2.45, 2.75) is 13.5 Å². The Morgan fingerprint density at radius 1 is 1.17 bits per heavy atom. The van der Waals surface area contributed by atoms with Crippen LogP contribution in [-0.2, 0) is 6.54 Å². The number of carbonyl (C=O) groups is 1. The lowest BCUT2D eigenvalue weighted by atomic mass is 10.2. The summed E-state index contributed by atoms with van der Waals surface area (Å²) in [6.45, 7) is 2.44. The van der Waals surface area contributed by atoms with E-state index in [-0.39, 0.29) is 0 Å². The van der Waals surface area contributed by atoms with Gasteiger partial charge in [0.25, 0.3) is 5.91 Å². The molecule has 7 heteroatoms. The summed E-state index contributed by atoms with van der Waals surface area (Å²) in [6.07, 6.45) is 0. The zero-order valence-corrected chi connectivity index (χ0v) is 17.6. The highest BCUT2D eigenvalue weighted by atomic mass is 32.1. The molecule has 0 spiro atoms. The molecule has 0 fully saturated rings. The zero-order valence-electron chi connectivity index (χ0n) is 16.8. The largest absolute Gasteiger partial charge is 0.496 e. The van der Waals surface area contributed by atoms with E-state index < -0.39 is 5.91 Å². The number of aromatic nitrogens is 2. The number of hydrogen-bond acceptors (Lipinski definition) is 5. The highest BCUT2D eigenvalue weighted by Crippen LogP contribution is 2.32. The average molecular weight is 419 g/mol. The third kappa shape index (κ3) is 3.92. The van der Waals surface area contributed by atoms with Crippen LogP contribution in [0.1, 0.15) is 21.6 Å². The number of nitrogens with one attached hydrogen (secondary N) is 1. The number of ether oxygens (including phenoxy) is 1. The van der Waals surface area contributed by atoms with E-state index in [1.54, 1.807) is 7.11 Å². The third-order valence-electron chi connectivity index (χ3n) is 4.94. The first-order valence-corrected chi connectivity index (χ1v) is 10.3. The maximum Gasteiger partial charge on any atom is 0.250 e. The summed E-state index contributed by atoms with van der Waals surface area (Å²) in [4.78, 5) is 16.7. The van der Waals surface area contributed by atoms with Gasteiger partial charge in [-0.15, -0.1) is 11.3 Å². The minimum absolute atomic E-state index is 0.453. The molecule has 0 saturated heterocycles. The fraction of sp³-hybridized carbons (Fsp3) is 0.130. The molecule has 0 aliphatic heterocycles. The molecular weight excluding hydrogens is 396 g/mol. The number of benzene rings is 2. The van der Waals surface area contributed by atoms with Gasteiger partial charge >= 0.3 is 0 Å². The van der Waals surface area contributed by atoms with E-state index in [9.17, 15) is 4.79 Å². The van der Waals surface area contributed by atoms with Crippen LogP contribution in [0.2, 0.25) is 0 Å². The molecule has 4 aromatic rings. The quantitative estimate of drug-likeness (QED) is 0.451. The molecule has 0 bridgehead atoms. The van der Waals surface area contributed by atoms with Gasteiger partial charge in [0.2, 0.25) is 0 Å². The summed E-state index contributed by atoms with van der Waals surface area (Å²) >= 11 is 1.51. The molecule has 2 aromatic carbocycles. The van der Waals surface area contributed by atoms with Crippen molar-refractivity contribution in [3.8, 4) is 17.1 Å². The Balaban J connectivity index is 1.73. The van der Waals surface area contributed by atoms with Crippen LogP contribution in [0.15, 0.2) is 66.0 Å². The normalized spacial score (nSPS) is 10.7. The first kappa shape index (κ1) is 19.7. The van der Waals surface area contributed by atoms with E-state index in [4.69, 9.17) is 15.5 Å². The van der Waals surface area contributed by atoms with Crippen LogP contribution in [0.4, 0.5) is 10.8 Å². The van der Waals surface area contributed by atoms with Gasteiger partial charge in [0.05, 0.1) is 30.6 Å². The van der Waals surface area contributed by atoms with Gasteiger partial charge in [0.1, 0.15) is 5.75 Å². The summed E-state index contributed by atoms with van der Waals surface area (Å²) in [5.74, 6) is 0.340. The molecule has 0 radical (unpaired) electrons. The maximum atomic E-state index is 12.0. The molecule has 0 atom stereocenters. The molecule has 2 heterocycles. The minimum Gasteiger partial charge on any atom is -0.496 e. The summed E-state index contributed by atoms with van der Waals surface area (Å²) < 4.78 is 7.55. The molecule has 2 aromatic heterocycles. The molecule has 0 aliphatic carbocycles. The molecule has 3 N–H and O–H groups in total. The number of nitrogens with zero attached hydrogens (tertiary/aromatic N) is 2. The summed E-state index contributed by atoms with van der Waals surface area (Å²) in [7, 11) is 1.65. The highest BCUT2D eigenvalue weighted by molar-refractivity contribution is 7.14. The van der Waals surface area contributed by atoms with Gasteiger partial charge in [0, 0.05) is 22.3 Å². The zero-order chi connectivity index (χ0) is 21.1. The average Bonchev–Trinajstić information content (AvgIpc) is 3.34. The Kier molecular flexibility index (Phi) is 5.54. The molecule has 152 valence electrons. The van der Waals surface area contributed by atoms with Crippen LogP contribution in [0.5, 0.6) is 5.75 Å². The number of amides is 1. The second kappa shape index (κ2) is 8.42. The van der Waals surface area contributed by atoms with Crippen molar-refractivity contribution in [3.05, 3.63) is 82.9 Å². The van der Waals surface area contributed by atoms with Crippen molar-refractivity contribution in [1.82, 2.24) is 9.55 Å². The van der Waals surface area contributed by atoms with Crippen LogP contribution >= 0.6 is 11.3 Å². The number of para-hydroxylation sites is 2. The van der Waals surface area contributed by atoms with Gasteiger partial charge in [-0.2, -0.15) is 0 Å². The highest BCUT2D eigenvalue weighted by Gasteiger charge is 2.19. The lowest BCUT2D eigenvalue weighted by Gasteiger charge is -2.13. The van der Waals surface area contributed by atoms with Crippen molar-refractivity contribution in [2.24, 2.45) is 5.73 Å². The lowest BCUT2D eigenvalue weighted by Crippen LogP contribution is -2.13. The second-order valence-electron chi connectivity index (χ2n) is 6.82. The fourth-order valence-electron chi connectivity index (χ4n) is 3.41. The van der Waals surface area contributed by atoms with E-state index in [1.165, 1.54) is 11.3 Å². The van der Waals surface area contributed by atoms with Crippen molar-refractivity contribution in [1.29, 1.82) is 0 Å². The van der Waals surface area contributed by atoms with Crippen molar-refractivity contribution in [2.75, 3.05) is 12.4 Å². The Morgan fingerprint density at radius 3 is 2.63 bits per heavy atom. The predicted octanol–water partition coefficient (Wildman–Crippen LogP) is 4.82. The number of nitrogens with two attached hydrogens (primary N) is 1.